The summed E-state index contributed by atoms with van der Waals surface area (Å²) >= 11 is 0. The average molecular weight is 162 g/mol. The lowest BCUT2D eigenvalue weighted by molar-refractivity contribution is 0.815. The van der Waals surface area contributed by atoms with Crippen LogP contribution in [0.3, 0.4) is 0 Å². The third-order valence-corrected chi connectivity index (χ3v) is 1.44. The highest BCUT2D eigenvalue weighted by molar-refractivity contribution is 5.14. The van der Waals surface area contributed by atoms with Crippen LogP contribution in [0.2, 0.25) is 0 Å². The molecule has 0 aromatic carbocycles. The fraction of sp³-hybridized carbons (Fsp3) is 0.333. The van der Waals surface area contributed by atoms with Gasteiger partial charge >= 0.3 is 0 Å². The first-order valence-corrected chi connectivity index (χ1v) is 4.52. The van der Waals surface area contributed by atoms with Crippen molar-refractivity contribution in [3.8, 4) is 0 Å². The maximum absolute atomic E-state index is 3.58. The Labute approximate surface area is 76.0 Å². The lowest BCUT2D eigenvalue weighted by atomic mass is 10.2. The number of hydrogen-bond donors (Lipinski definition) is 0. The number of allylic oxidation sites excluding steroid dienone is 7. The molecule has 0 atom stereocenters. The minimum atomic E-state index is 1.19. The van der Waals surface area contributed by atoms with Crippen LogP contribution >= 0.6 is 0 Å². The molecule has 0 aromatic rings. The van der Waals surface area contributed by atoms with Crippen LogP contribution in [0.25, 0.3) is 0 Å². The zero-order chi connectivity index (χ0) is 9.07. The Kier molecular flexibility index (Phi) is 9.10. The summed E-state index contributed by atoms with van der Waals surface area (Å²) in [6, 6.07) is 0. The van der Waals surface area contributed by atoms with E-state index in [1.807, 2.05) is 24.3 Å². The van der Waals surface area contributed by atoms with E-state index in [0.717, 1.165) is 0 Å². The number of rotatable bonds is 6. The summed E-state index contributed by atoms with van der Waals surface area (Å²) in [6.45, 7) is 5.79. The van der Waals surface area contributed by atoms with Crippen molar-refractivity contribution in [3.05, 3.63) is 49.1 Å². The Morgan fingerprint density at radius 3 is 2.33 bits per heavy atom. The summed E-state index contributed by atoms with van der Waals surface area (Å²) in [6.07, 6.45) is 17.7. The lowest BCUT2D eigenvalue weighted by Gasteiger charge is -1.84. The van der Waals surface area contributed by atoms with Gasteiger partial charge in [-0.2, -0.15) is 0 Å². The summed E-state index contributed by atoms with van der Waals surface area (Å²) < 4.78 is 0. The molecule has 0 unspecified atom stereocenters. The van der Waals surface area contributed by atoms with Gasteiger partial charge in [0.15, 0.2) is 0 Å². The first kappa shape index (κ1) is 11.0. The third-order valence-electron chi connectivity index (χ3n) is 1.44. The quantitative estimate of drug-likeness (QED) is 0.408. The van der Waals surface area contributed by atoms with E-state index in [-0.39, 0.29) is 0 Å². The number of hydrogen-bond acceptors (Lipinski definition) is 0. The molecule has 0 aliphatic heterocycles. The van der Waals surface area contributed by atoms with Gasteiger partial charge in [-0.15, -0.1) is 0 Å². The molecule has 0 fully saturated rings. The summed E-state index contributed by atoms with van der Waals surface area (Å²) in [5.74, 6) is 0. The molecule has 0 aliphatic rings. The van der Waals surface area contributed by atoms with Crippen LogP contribution in [0.4, 0.5) is 0 Å². The molecule has 0 aromatic heterocycles. The fourth-order valence-electron chi connectivity index (χ4n) is 0.768. The van der Waals surface area contributed by atoms with E-state index in [1.165, 1.54) is 19.3 Å². The van der Waals surface area contributed by atoms with Crippen LogP contribution in [0, 0.1) is 0 Å². The molecule has 0 saturated heterocycles. The van der Waals surface area contributed by atoms with Gasteiger partial charge in [0.05, 0.1) is 0 Å². The van der Waals surface area contributed by atoms with Crippen molar-refractivity contribution in [1.29, 1.82) is 0 Å². The van der Waals surface area contributed by atoms with Gasteiger partial charge in [-0.3, -0.25) is 0 Å². The molecule has 0 radical (unpaired) electrons. The van der Waals surface area contributed by atoms with Gasteiger partial charge in [0.1, 0.15) is 0 Å². The molecular formula is C12H18. The molecule has 0 aliphatic carbocycles. The molecule has 66 valence electrons. The zero-order valence-electron chi connectivity index (χ0n) is 7.87. The minimum absolute atomic E-state index is 1.19. The molecule has 0 heterocycles. The van der Waals surface area contributed by atoms with E-state index >= 15 is 0 Å². The normalized spacial score (nSPS) is 12.1. The molecule has 0 saturated carbocycles. The molecule has 0 rings (SSSR count). The predicted molar refractivity (Wildman–Crippen MR) is 57.1 cm³/mol. The Hall–Kier alpha value is -1.04. The van der Waals surface area contributed by atoms with E-state index in [2.05, 4.69) is 25.7 Å². The van der Waals surface area contributed by atoms with E-state index in [4.69, 9.17) is 0 Å². The summed E-state index contributed by atoms with van der Waals surface area (Å²) in [4.78, 5) is 0. The first-order chi connectivity index (χ1) is 5.91. The van der Waals surface area contributed by atoms with Gasteiger partial charge in [0.2, 0.25) is 0 Å². The van der Waals surface area contributed by atoms with Gasteiger partial charge in [-0.1, -0.05) is 68.9 Å². The smallest absolute Gasteiger partial charge is 0.0348 e. The number of unbranched alkanes of at least 4 members (excludes halogenated alkanes) is 2. The zero-order valence-corrected chi connectivity index (χ0v) is 7.87. The van der Waals surface area contributed by atoms with Crippen molar-refractivity contribution in [3.63, 3.8) is 0 Å². The van der Waals surface area contributed by atoms with Crippen LogP contribution in [0.5, 0.6) is 0 Å². The highest BCUT2D eigenvalue weighted by Gasteiger charge is 1.74. The standard InChI is InChI=1S/C12H18/c1-3-5-7-9-11-12-10-8-6-4-2/h3,5,7,9-12H,1,4,6,8H2,2H3. The highest BCUT2D eigenvalue weighted by Crippen LogP contribution is 1.94. The van der Waals surface area contributed by atoms with Crippen LogP contribution in [-0.2, 0) is 0 Å². The third kappa shape index (κ3) is 8.96. The lowest BCUT2D eigenvalue weighted by Crippen LogP contribution is -1.64. The Morgan fingerprint density at radius 2 is 1.67 bits per heavy atom. The molecule has 0 heteroatoms. The minimum Gasteiger partial charge on any atom is -0.0991 e. The van der Waals surface area contributed by atoms with Gasteiger partial charge < -0.3 is 0 Å². The first-order valence-electron chi connectivity index (χ1n) is 4.52. The molecule has 0 amide bonds. The molecule has 12 heavy (non-hydrogen) atoms. The van der Waals surface area contributed by atoms with Crippen LogP contribution in [-0.4, -0.2) is 0 Å². The van der Waals surface area contributed by atoms with Crippen molar-refractivity contribution >= 4 is 0 Å². The van der Waals surface area contributed by atoms with Crippen molar-refractivity contribution in [2.45, 2.75) is 26.2 Å². The van der Waals surface area contributed by atoms with E-state index in [1.54, 1.807) is 6.08 Å². The second-order valence-corrected chi connectivity index (χ2v) is 2.58. The highest BCUT2D eigenvalue weighted by atomic mass is 13.8. The predicted octanol–water partition coefficient (Wildman–Crippen LogP) is 4.03. The van der Waals surface area contributed by atoms with Crippen molar-refractivity contribution in [2.75, 3.05) is 0 Å². The average Bonchev–Trinajstić information content (AvgIpc) is 2.10. The topological polar surface area (TPSA) is 0 Å². The maximum atomic E-state index is 3.58. The Balaban J connectivity index is 3.38. The van der Waals surface area contributed by atoms with Crippen molar-refractivity contribution < 1.29 is 0 Å². The second-order valence-electron chi connectivity index (χ2n) is 2.58. The Bertz CT molecular complexity index is 170. The summed E-state index contributed by atoms with van der Waals surface area (Å²) in [5.41, 5.74) is 0. The van der Waals surface area contributed by atoms with Crippen molar-refractivity contribution in [2.24, 2.45) is 0 Å². The van der Waals surface area contributed by atoms with E-state index in [0.29, 0.717) is 0 Å². The monoisotopic (exact) mass is 162 g/mol. The summed E-state index contributed by atoms with van der Waals surface area (Å²) in [5, 5.41) is 0. The maximum Gasteiger partial charge on any atom is -0.0348 e. The summed E-state index contributed by atoms with van der Waals surface area (Å²) in [7, 11) is 0. The molecular weight excluding hydrogens is 144 g/mol. The molecule has 0 spiro atoms. The van der Waals surface area contributed by atoms with E-state index < -0.39 is 0 Å². The molecule has 0 N–H and O–H groups in total. The molecule has 0 bridgehead atoms. The van der Waals surface area contributed by atoms with Crippen LogP contribution in [0.15, 0.2) is 49.1 Å². The van der Waals surface area contributed by atoms with Crippen LogP contribution in [0.1, 0.15) is 26.2 Å². The van der Waals surface area contributed by atoms with Gasteiger partial charge in [-0.25, -0.2) is 0 Å². The second kappa shape index (κ2) is 9.96. The van der Waals surface area contributed by atoms with Gasteiger partial charge in [-0.05, 0) is 6.42 Å². The largest absolute Gasteiger partial charge is 0.0991 e. The SMILES string of the molecule is C=CC=CC=CC=CCCCC. The Morgan fingerprint density at radius 1 is 1.00 bits per heavy atom. The van der Waals surface area contributed by atoms with Gasteiger partial charge in [0.25, 0.3) is 0 Å². The van der Waals surface area contributed by atoms with E-state index in [9.17, 15) is 0 Å². The van der Waals surface area contributed by atoms with Gasteiger partial charge in [0, 0.05) is 0 Å². The fourth-order valence-corrected chi connectivity index (χ4v) is 0.768. The van der Waals surface area contributed by atoms with Crippen LogP contribution < -0.4 is 0 Å². The van der Waals surface area contributed by atoms with Crippen molar-refractivity contribution in [1.82, 2.24) is 0 Å². The molecule has 0 nitrogen and oxygen atoms in total.